The van der Waals surface area contributed by atoms with E-state index in [0.717, 1.165) is 19.4 Å². The first-order valence-electron chi connectivity index (χ1n) is 16.1. The molecular formula is C36H58INO2. The van der Waals surface area contributed by atoms with Gasteiger partial charge in [0.1, 0.15) is 5.75 Å². The first-order chi connectivity index (χ1) is 19.0. The van der Waals surface area contributed by atoms with E-state index in [1.54, 1.807) is 0 Å². The van der Waals surface area contributed by atoms with Gasteiger partial charge in [-0.15, -0.1) is 24.0 Å². The lowest BCUT2D eigenvalue weighted by atomic mass is 9.91. The van der Waals surface area contributed by atoms with Crippen LogP contribution in [0.5, 0.6) is 5.75 Å². The van der Waals surface area contributed by atoms with E-state index < -0.39 is 5.72 Å². The standard InChI is InChI=1S/C36H57NO2.HI/c1-5-7-8-9-10-11-12-13-14-15-16-17-18-20-25-31(3)36(4,37-30-6-2)39-34-29-24-23-28-33(34)35(38)32-26-21-19-22-27-32;/h19,21-24,26-29,31,37H,5-18,20,25,30H2,1-4H3;1H. The highest BCUT2D eigenvalue weighted by Crippen LogP contribution is 2.30. The Morgan fingerprint density at radius 2 is 1.23 bits per heavy atom. The van der Waals surface area contributed by atoms with Gasteiger partial charge in [0.25, 0.3) is 0 Å². The largest absolute Gasteiger partial charge is 0.472 e. The molecule has 0 amide bonds. The van der Waals surface area contributed by atoms with Crippen molar-refractivity contribution in [3.63, 3.8) is 0 Å². The van der Waals surface area contributed by atoms with Gasteiger partial charge in [0.05, 0.1) is 5.56 Å². The maximum atomic E-state index is 13.3. The number of hydrogen-bond donors (Lipinski definition) is 1. The van der Waals surface area contributed by atoms with E-state index in [9.17, 15) is 4.79 Å². The zero-order valence-corrected chi connectivity index (χ0v) is 28.3. The summed E-state index contributed by atoms with van der Waals surface area (Å²) < 4.78 is 6.68. The van der Waals surface area contributed by atoms with E-state index >= 15 is 0 Å². The molecule has 0 aliphatic heterocycles. The van der Waals surface area contributed by atoms with Crippen LogP contribution in [0.25, 0.3) is 0 Å². The van der Waals surface area contributed by atoms with Crippen molar-refractivity contribution in [3.05, 3.63) is 65.7 Å². The van der Waals surface area contributed by atoms with Crippen LogP contribution in [-0.4, -0.2) is 18.1 Å². The van der Waals surface area contributed by atoms with E-state index in [2.05, 4.69) is 33.0 Å². The number of hydrogen-bond acceptors (Lipinski definition) is 3. The minimum Gasteiger partial charge on any atom is -0.472 e. The van der Waals surface area contributed by atoms with Crippen LogP contribution in [-0.2, 0) is 0 Å². The van der Waals surface area contributed by atoms with Crippen molar-refractivity contribution in [3.8, 4) is 5.75 Å². The van der Waals surface area contributed by atoms with Crippen molar-refractivity contribution in [1.82, 2.24) is 5.32 Å². The second kappa shape index (κ2) is 22.2. The van der Waals surface area contributed by atoms with Gasteiger partial charge in [0.15, 0.2) is 11.5 Å². The van der Waals surface area contributed by atoms with Crippen LogP contribution >= 0.6 is 24.0 Å². The first kappa shape index (κ1) is 36.6. The van der Waals surface area contributed by atoms with Gasteiger partial charge < -0.3 is 4.74 Å². The summed E-state index contributed by atoms with van der Waals surface area (Å²) in [6, 6.07) is 17.2. The molecule has 4 heteroatoms. The Morgan fingerprint density at radius 3 is 1.77 bits per heavy atom. The third kappa shape index (κ3) is 14.0. The second-order valence-corrected chi connectivity index (χ2v) is 11.6. The lowest BCUT2D eigenvalue weighted by Gasteiger charge is -2.38. The summed E-state index contributed by atoms with van der Waals surface area (Å²) in [7, 11) is 0. The summed E-state index contributed by atoms with van der Waals surface area (Å²) in [5.41, 5.74) is 0.781. The third-order valence-corrected chi connectivity index (χ3v) is 8.15. The molecule has 0 bridgehead atoms. The average molecular weight is 664 g/mol. The van der Waals surface area contributed by atoms with Gasteiger partial charge in [-0.25, -0.2) is 0 Å². The lowest BCUT2D eigenvalue weighted by molar-refractivity contribution is -0.00484. The molecule has 2 rings (SSSR count). The molecule has 2 unspecified atom stereocenters. The Labute approximate surface area is 263 Å². The smallest absolute Gasteiger partial charge is 0.196 e. The van der Waals surface area contributed by atoms with E-state index in [-0.39, 0.29) is 29.8 Å². The Bertz CT molecular complexity index is 903. The molecule has 3 nitrogen and oxygen atoms in total. The molecule has 0 fully saturated rings. The molecule has 0 radical (unpaired) electrons. The number of ketones is 1. The molecule has 0 spiro atoms. The van der Waals surface area contributed by atoms with E-state index in [4.69, 9.17) is 4.74 Å². The first-order valence-corrected chi connectivity index (χ1v) is 16.1. The number of carbonyl (C=O) groups is 1. The summed E-state index contributed by atoms with van der Waals surface area (Å²) in [5.74, 6) is 0.982. The summed E-state index contributed by atoms with van der Waals surface area (Å²) in [4.78, 5) is 13.3. The van der Waals surface area contributed by atoms with Crippen LogP contribution in [0.2, 0.25) is 0 Å². The van der Waals surface area contributed by atoms with Crippen LogP contribution in [0.3, 0.4) is 0 Å². The fourth-order valence-corrected chi connectivity index (χ4v) is 5.32. The van der Waals surface area contributed by atoms with Crippen LogP contribution in [0, 0.1) is 5.92 Å². The second-order valence-electron chi connectivity index (χ2n) is 11.6. The molecule has 0 heterocycles. The molecule has 0 aromatic heterocycles. The highest BCUT2D eigenvalue weighted by atomic mass is 127. The van der Waals surface area contributed by atoms with Crippen molar-refractivity contribution in [2.45, 2.75) is 136 Å². The highest BCUT2D eigenvalue weighted by molar-refractivity contribution is 14.0. The van der Waals surface area contributed by atoms with Crippen molar-refractivity contribution < 1.29 is 9.53 Å². The van der Waals surface area contributed by atoms with Gasteiger partial charge in [0, 0.05) is 11.5 Å². The van der Waals surface area contributed by atoms with Gasteiger partial charge in [-0.1, -0.05) is 153 Å². The number of ether oxygens (including phenoxy) is 1. The summed E-state index contributed by atoms with van der Waals surface area (Å²) in [6.07, 6.45) is 21.4. The van der Waals surface area contributed by atoms with Gasteiger partial charge in [0.2, 0.25) is 0 Å². The summed E-state index contributed by atoms with van der Waals surface area (Å²) in [5, 5.41) is 3.67. The summed E-state index contributed by atoms with van der Waals surface area (Å²) in [6.45, 7) is 9.79. The number of carbonyl (C=O) groups excluding carboxylic acids is 1. The number of nitrogens with one attached hydrogen (secondary N) is 1. The quantitative estimate of drug-likeness (QED) is 0.0557. The van der Waals surface area contributed by atoms with Crippen molar-refractivity contribution in [2.24, 2.45) is 5.92 Å². The highest BCUT2D eigenvalue weighted by Gasteiger charge is 2.33. The Hall–Kier alpha value is -1.40. The predicted molar refractivity (Wildman–Crippen MR) is 183 cm³/mol. The molecular weight excluding hydrogens is 605 g/mol. The molecule has 226 valence electrons. The molecule has 0 aliphatic rings. The van der Waals surface area contributed by atoms with Gasteiger partial charge >= 0.3 is 0 Å². The van der Waals surface area contributed by atoms with Crippen LogP contribution in [0.1, 0.15) is 146 Å². The fourth-order valence-electron chi connectivity index (χ4n) is 5.32. The Kier molecular flexibility index (Phi) is 20.4. The zero-order chi connectivity index (χ0) is 28.2. The molecule has 0 saturated heterocycles. The Morgan fingerprint density at radius 1 is 0.725 bits per heavy atom. The topological polar surface area (TPSA) is 38.3 Å². The number of benzene rings is 2. The third-order valence-electron chi connectivity index (χ3n) is 8.15. The van der Waals surface area contributed by atoms with Crippen molar-refractivity contribution in [2.75, 3.05) is 6.54 Å². The number of rotatable bonds is 23. The zero-order valence-electron chi connectivity index (χ0n) is 26.0. The van der Waals surface area contributed by atoms with E-state index in [1.165, 1.54) is 89.9 Å². The normalized spacial score (nSPS) is 13.3. The van der Waals surface area contributed by atoms with Crippen LogP contribution in [0.4, 0.5) is 0 Å². The average Bonchev–Trinajstić information content (AvgIpc) is 2.96. The molecule has 1 N–H and O–H groups in total. The molecule has 2 aromatic rings. The minimum atomic E-state index is -0.528. The van der Waals surface area contributed by atoms with E-state index in [1.807, 2.05) is 54.6 Å². The minimum absolute atomic E-state index is 0. The van der Waals surface area contributed by atoms with Gasteiger partial charge in [-0.3, -0.25) is 10.1 Å². The van der Waals surface area contributed by atoms with E-state index in [0.29, 0.717) is 22.8 Å². The van der Waals surface area contributed by atoms with Crippen LogP contribution < -0.4 is 10.1 Å². The molecule has 2 aromatic carbocycles. The van der Waals surface area contributed by atoms with Gasteiger partial charge in [-0.05, 0) is 38.4 Å². The molecule has 40 heavy (non-hydrogen) atoms. The lowest BCUT2D eigenvalue weighted by Crippen LogP contribution is -2.53. The van der Waals surface area contributed by atoms with Crippen molar-refractivity contribution >= 4 is 29.8 Å². The monoisotopic (exact) mass is 663 g/mol. The fraction of sp³-hybridized carbons (Fsp3) is 0.639. The number of para-hydroxylation sites is 1. The number of halogens is 1. The maximum absolute atomic E-state index is 13.3. The molecule has 0 saturated carbocycles. The number of unbranched alkanes of at least 4 members (excludes halogenated alkanes) is 13. The predicted octanol–water partition coefficient (Wildman–Crippen LogP) is 11.1. The SMILES string of the molecule is CCCCCCCCCCCCCCCCC(C)C(C)(NCCC)Oc1ccccc1C(=O)c1ccccc1.I. The summed E-state index contributed by atoms with van der Waals surface area (Å²) >= 11 is 0. The molecule has 2 atom stereocenters. The van der Waals surface area contributed by atoms with Gasteiger partial charge in [-0.2, -0.15) is 0 Å². The Balaban J connectivity index is 0.00000800. The maximum Gasteiger partial charge on any atom is 0.196 e. The van der Waals surface area contributed by atoms with Crippen molar-refractivity contribution in [1.29, 1.82) is 0 Å². The van der Waals surface area contributed by atoms with Crippen LogP contribution in [0.15, 0.2) is 54.6 Å². The molecule has 0 aliphatic carbocycles.